The number of rotatable bonds is 2. The van der Waals surface area contributed by atoms with Crippen molar-refractivity contribution in [1.82, 2.24) is 0 Å². The number of phenolic OH excluding ortho intramolecular Hbond substituents is 2. The van der Waals surface area contributed by atoms with Crippen molar-refractivity contribution in [2.24, 2.45) is 0 Å². The molecule has 2 nitrogen and oxygen atoms in total. The summed E-state index contributed by atoms with van der Waals surface area (Å²) in [4.78, 5) is 0. The van der Waals surface area contributed by atoms with E-state index in [9.17, 15) is 10.2 Å². The molecule has 2 N–H and O–H groups in total. The van der Waals surface area contributed by atoms with Crippen molar-refractivity contribution in [2.75, 3.05) is 0 Å². The zero-order valence-corrected chi connectivity index (χ0v) is 9.14. The predicted octanol–water partition coefficient (Wildman–Crippen LogP) is 3.33. The third kappa shape index (κ3) is 1.87. The quantitative estimate of drug-likeness (QED) is 0.753. The van der Waals surface area contributed by atoms with Crippen molar-refractivity contribution in [3.8, 4) is 22.6 Å². The van der Waals surface area contributed by atoms with Crippen LogP contribution in [0.25, 0.3) is 11.1 Å². The molecule has 0 atom stereocenters. The fourth-order valence-corrected chi connectivity index (χ4v) is 1.83. The number of benzene rings is 2. The third-order valence-corrected chi connectivity index (χ3v) is 2.67. The van der Waals surface area contributed by atoms with Crippen LogP contribution in [-0.2, 0) is 6.42 Å². The topological polar surface area (TPSA) is 40.5 Å². The molecule has 0 spiro atoms. The molecule has 0 aliphatic heterocycles. The summed E-state index contributed by atoms with van der Waals surface area (Å²) < 4.78 is 0. The van der Waals surface area contributed by atoms with E-state index < -0.39 is 0 Å². The molecule has 2 aromatic rings. The normalized spacial score (nSPS) is 10.3. The molecule has 0 saturated heterocycles. The smallest absolute Gasteiger partial charge is 0.123 e. The van der Waals surface area contributed by atoms with Crippen LogP contribution in [-0.4, -0.2) is 10.2 Å². The van der Waals surface area contributed by atoms with Crippen molar-refractivity contribution in [2.45, 2.75) is 13.3 Å². The lowest BCUT2D eigenvalue weighted by Gasteiger charge is -2.09. The Morgan fingerprint density at radius 1 is 0.938 bits per heavy atom. The molecule has 0 amide bonds. The van der Waals surface area contributed by atoms with Crippen LogP contribution in [0.4, 0.5) is 0 Å². The van der Waals surface area contributed by atoms with Gasteiger partial charge < -0.3 is 10.2 Å². The van der Waals surface area contributed by atoms with Crippen LogP contribution < -0.4 is 0 Å². The second-order valence-electron chi connectivity index (χ2n) is 3.71. The van der Waals surface area contributed by atoms with Crippen molar-refractivity contribution >= 4 is 0 Å². The highest BCUT2D eigenvalue weighted by molar-refractivity contribution is 5.74. The van der Waals surface area contributed by atoms with E-state index in [-0.39, 0.29) is 11.5 Å². The SMILES string of the molecule is CCc1ccccc1-c1cc(O)ccc1O. The summed E-state index contributed by atoms with van der Waals surface area (Å²) in [5.41, 5.74) is 2.80. The first-order valence-electron chi connectivity index (χ1n) is 5.32. The molecule has 0 unspecified atom stereocenters. The fraction of sp³-hybridized carbons (Fsp3) is 0.143. The number of phenols is 2. The van der Waals surface area contributed by atoms with Gasteiger partial charge in [-0.3, -0.25) is 0 Å². The highest BCUT2D eigenvalue weighted by atomic mass is 16.3. The second kappa shape index (κ2) is 4.27. The average molecular weight is 214 g/mol. The van der Waals surface area contributed by atoms with Crippen molar-refractivity contribution in [1.29, 1.82) is 0 Å². The molecular formula is C14H14O2. The van der Waals surface area contributed by atoms with Crippen LogP contribution in [0, 0.1) is 0 Å². The Morgan fingerprint density at radius 2 is 1.69 bits per heavy atom. The molecule has 0 radical (unpaired) electrons. The monoisotopic (exact) mass is 214 g/mol. The van der Waals surface area contributed by atoms with Crippen LogP contribution in [0.3, 0.4) is 0 Å². The molecule has 0 aromatic heterocycles. The van der Waals surface area contributed by atoms with Gasteiger partial charge in [0, 0.05) is 5.56 Å². The highest BCUT2D eigenvalue weighted by Gasteiger charge is 2.08. The number of aryl methyl sites for hydroxylation is 1. The molecule has 82 valence electrons. The highest BCUT2D eigenvalue weighted by Crippen LogP contribution is 2.34. The van der Waals surface area contributed by atoms with Gasteiger partial charge in [-0.2, -0.15) is 0 Å². The minimum absolute atomic E-state index is 0.165. The van der Waals surface area contributed by atoms with Crippen LogP contribution in [0.15, 0.2) is 42.5 Å². The standard InChI is InChI=1S/C14H14O2/c1-2-10-5-3-4-6-12(10)13-9-11(15)7-8-14(13)16/h3-9,15-16H,2H2,1H3. The molecule has 0 aliphatic rings. The van der Waals surface area contributed by atoms with Gasteiger partial charge in [-0.25, -0.2) is 0 Å². The molecule has 2 heteroatoms. The van der Waals surface area contributed by atoms with Crippen molar-refractivity contribution < 1.29 is 10.2 Å². The Balaban J connectivity index is 2.62. The molecular weight excluding hydrogens is 200 g/mol. The average Bonchev–Trinajstić information content (AvgIpc) is 2.32. The van der Waals surface area contributed by atoms with Gasteiger partial charge in [-0.05, 0) is 35.7 Å². The molecule has 16 heavy (non-hydrogen) atoms. The van der Waals surface area contributed by atoms with Crippen LogP contribution in [0.2, 0.25) is 0 Å². The molecule has 0 fully saturated rings. The predicted molar refractivity (Wildman–Crippen MR) is 64.6 cm³/mol. The van der Waals surface area contributed by atoms with E-state index in [2.05, 4.69) is 6.92 Å². The number of hydrogen-bond acceptors (Lipinski definition) is 2. The van der Waals surface area contributed by atoms with Gasteiger partial charge in [0.25, 0.3) is 0 Å². The van der Waals surface area contributed by atoms with E-state index in [0.29, 0.717) is 5.56 Å². The van der Waals surface area contributed by atoms with E-state index in [0.717, 1.165) is 17.5 Å². The Bertz CT molecular complexity index is 504. The largest absolute Gasteiger partial charge is 0.508 e. The van der Waals surface area contributed by atoms with Gasteiger partial charge in [0.2, 0.25) is 0 Å². The molecule has 0 aliphatic carbocycles. The minimum atomic E-state index is 0.165. The van der Waals surface area contributed by atoms with E-state index in [1.165, 1.54) is 12.1 Å². The summed E-state index contributed by atoms with van der Waals surface area (Å²) in [6.07, 6.45) is 0.894. The lowest BCUT2D eigenvalue weighted by atomic mass is 9.97. The summed E-state index contributed by atoms with van der Waals surface area (Å²) in [5.74, 6) is 0.359. The molecule has 2 rings (SSSR count). The van der Waals surface area contributed by atoms with E-state index in [1.54, 1.807) is 6.07 Å². The molecule has 0 bridgehead atoms. The second-order valence-corrected chi connectivity index (χ2v) is 3.71. The summed E-state index contributed by atoms with van der Waals surface area (Å²) >= 11 is 0. The lowest BCUT2D eigenvalue weighted by Crippen LogP contribution is -1.87. The van der Waals surface area contributed by atoms with E-state index >= 15 is 0 Å². The maximum Gasteiger partial charge on any atom is 0.123 e. The van der Waals surface area contributed by atoms with Crippen LogP contribution in [0.1, 0.15) is 12.5 Å². The zero-order valence-electron chi connectivity index (χ0n) is 9.14. The minimum Gasteiger partial charge on any atom is -0.508 e. The lowest BCUT2D eigenvalue weighted by molar-refractivity contribution is 0.462. The molecule has 0 heterocycles. The Morgan fingerprint density at radius 3 is 2.44 bits per heavy atom. The maximum absolute atomic E-state index is 9.80. The number of hydrogen-bond donors (Lipinski definition) is 2. The van der Waals surface area contributed by atoms with Crippen molar-refractivity contribution in [3.63, 3.8) is 0 Å². The first-order valence-corrected chi connectivity index (χ1v) is 5.32. The Labute approximate surface area is 94.8 Å². The van der Waals surface area contributed by atoms with Gasteiger partial charge in [0.15, 0.2) is 0 Å². The van der Waals surface area contributed by atoms with Crippen molar-refractivity contribution in [3.05, 3.63) is 48.0 Å². The zero-order chi connectivity index (χ0) is 11.5. The van der Waals surface area contributed by atoms with Crippen LogP contribution in [0.5, 0.6) is 11.5 Å². The van der Waals surface area contributed by atoms with Crippen LogP contribution >= 0.6 is 0 Å². The van der Waals surface area contributed by atoms with Gasteiger partial charge in [0.05, 0.1) is 0 Å². The van der Waals surface area contributed by atoms with Gasteiger partial charge in [-0.15, -0.1) is 0 Å². The maximum atomic E-state index is 9.80. The Hall–Kier alpha value is -1.96. The first kappa shape index (κ1) is 10.6. The van der Waals surface area contributed by atoms with Gasteiger partial charge in [0.1, 0.15) is 11.5 Å². The van der Waals surface area contributed by atoms with Gasteiger partial charge >= 0.3 is 0 Å². The van der Waals surface area contributed by atoms with E-state index in [1.807, 2.05) is 24.3 Å². The third-order valence-electron chi connectivity index (χ3n) is 2.67. The number of aromatic hydroxyl groups is 2. The Kier molecular flexibility index (Phi) is 2.82. The summed E-state index contributed by atoms with van der Waals surface area (Å²) in [6, 6.07) is 12.5. The summed E-state index contributed by atoms with van der Waals surface area (Å²) in [7, 11) is 0. The van der Waals surface area contributed by atoms with E-state index in [4.69, 9.17) is 0 Å². The fourth-order valence-electron chi connectivity index (χ4n) is 1.83. The van der Waals surface area contributed by atoms with Gasteiger partial charge in [-0.1, -0.05) is 31.2 Å². The molecule has 0 saturated carbocycles. The first-order chi connectivity index (χ1) is 7.72. The summed E-state index contributed by atoms with van der Waals surface area (Å²) in [6.45, 7) is 2.07. The summed E-state index contributed by atoms with van der Waals surface area (Å²) in [5, 5.41) is 19.2. The molecule has 2 aromatic carbocycles.